The molecule has 0 saturated carbocycles. The molecular weight excluding hydrogens is 354 g/mol. The van der Waals surface area contributed by atoms with E-state index in [1.807, 2.05) is 18.0 Å². The predicted molar refractivity (Wildman–Crippen MR) is 110 cm³/mol. The van der Waals surface area contributed by atoms with Crippen molar-refractivity contribution in [2.24, 2.45) is 5.92 Å². The smallest absolute Gasteiger partial charge is 0.266 e. The zero-order valence-electron chi connectivity index (χ0n) is 17.9. The Morgan fingerprint density at radius 2 is 1.71 bits per heavy atom. The topological polar surface area (TPSA) is 61.7 Å². The van der Waals surface area contributed by atoms with Gasteiger partial charge in [-0.3, -0.25) is 14.5 Å². The number of amides is 1. The molecule has 1 aromatic rings. The fraction of sp³-hybridized carbons (Fsp3) is 0.762. The van der Waals surface area contributed by atoms with Gasteiger partial charge in [0.25, 0.3) is 5.56 Å². The summed E-state index contributed by atoms with van der Waals surface area (Å²) in [6.07, 6.45) is 1.71. The van der Waals surface area contributed by atoms with Crippen LogP contribution >= 0.6 is 0 Å². The zero-order valence-corrected chi connectivity index (χ0v) is 17.9. The molecule has 28 heavy (non-hydrogen) atoms. The third kappa shape index (κ3) is 5.41. The van der Waals surface area contributed by atoms with Gasteiger partial charge < -0.3 is 9.80 Å². The van der Waals surface area contributed by atoms with Gasteiger partial charge in [-0.2, -0.15) is 5.10 Å². The van der Waals surface area contributed by atoms with Gasteiger partial charge >= 0.3 is 0 Å². The minimum absolute atomic E-state index is 0.0254. The number of piperidine rings is 1. The largest absolute Gasteiger partial charge is 0.345 e. The van der Waals surface area contributed by atoms with E-state index in [9.17, 15) is 9.59 Å². The summed E-state index contributed by atoms with van der Waals surface area (Å²) in [5, 5.41) is 4.57. The molecule has 7 heteroatoms. The van der Waals surface area contributed by atoms with Crippen LogP contribution in [0, 0.1) is 5.92 Å². The Kier molecular flexibility index (Phi) is 6.55. The number of rotatable bonds is 5. The van der Waals surface area contributed by atoms with Gasteiger partial charge in [0.2, 0.25) is 5.91 Å². The molecule has 1 amide bonds. The molecule has 7 nitrogen and oxygen atoms in total. The van der Waals surface area contributed by atoms with Crippen molar-refractivity contribution in [1.29, 1.82) is 0 Å². The summed E-state index contributed by atoms with van der Waals surface area (Å²) in [4.78, 5) is 30.6. The summed E-state index contributed by atoms with van der Waals surface area (Å²) in [6, 6.07) is 3.48. The normalized spacial score (nSPS) is 22.6. The van der Waals surface area contributed by atoms with Crippen LogP contribution in [0.15, 0.2) is 16.9 Å². The molecule has 1 unspecified atom stereocenters. The number of nitrogens with zero attached hydrogens (tertiary/aromatic N) is 5. The maximum atomic E-state index is 12.1. The highest BCUT2D eigenvalue weighted by Crippen LogP contribution is 2.19. The molecule has 1 atom stereocenters. The average Bonchev–Trinajstić information content (AvgIpc) is 2.64. The van der Waals surface area contributed by atoms with Crippen molar-refractivity contribution in [3.05, 3.63) is 28.2 Å². The van der Waals surface area contributed by atoms with Crippen LogP contribution in [0.2, 0.25) is 0 Å². The second-order valence-electron chi connectivity index (χ2n) is 9.35. The molecule has 3 rings (SSSR count). The highest BCUT2D eigenvalue weighted by molar-refractivity contribution is 5.76. The molecule has 0 aliphatic carbocycles. The van der Waals surface area contributed by atoms with E-state index in [1.165, 1.54) is 0 Å². The number of carbonyl (C=O) groups excluding carboxylic acids is 1. The first-order chi connectivity index (χ1) is 13.2. The van der Waals surface area contributed by atoms with Gasteiger partial charge in [-0.25, -0.2) is 4.68 Å². The Bertz CT molecular complexity index is 731. The molecule has 156 valence electrons. The fourth-order valence-electron chi connectivity index (χ4n) is 4.05. The second kappa shape index (κ2) is 8.74. The van der Waals surface area contributed by atoms with E-state index in [-0.39, 0.29) is 16.9 Å². The van der Waals surface area contributed by atoms with Crippen LogP contribution in [0.1, 0.15) is 39.3 Å². The minimum atomic E-state index is -0.0567. The number of hydrogen-bond acceptors (Lipinski definition) is 5. The van der Waals surface area contributed by atoms with Crippen LogP contribution in [0.5, 0.6) is 0 Å². The minimum Gasteiger partial charge on any atom is -0.345 e. The van der Waals surface area contributed by atoms with Gasteiger partial charge in [-0.05, 0) is 18.4 Å². The highest BCUT2D eigenvalue weighted by Gasteiger charge is 2.26. The van der Waals surface area contributed by atoms with Crippen LogP contribution in [0.4, 0.5) is 0 Å². The molecule has 0 aromatic carbocycles. The van der Waals surface area contributed by atoms with Gasteiger partial charge in [-0.1, -0.05) is 20.8 Å². The van der Waals surface area contributed by atoms with Crippen molar-refractivity contribution in [1.82, 2.24) is 24.5 Å². The van der Waals surface area contributed by atoms with E-state index in [0.717, 1.165) is 57.9 Å². The molecule has 2 fully saturated rings. The standard InChI is InChI=1S/C21H35N5O2/c1-21(2,3)18-6-8-20(28)26(22-18)14-13-24-9-11-25(12-10-24)16-17-5-7-19(27)23(4)15-17/h6,8,17H,5,7,9-16H2,1-4H3. The molecule has 0 N–H and O–H groups in total. The van der Waals surface area contributed by atoms with Crippen LogP contribution in [0.25, 0.3) is 0 Å². The fourth-order valence-corrected chi connectivity index (χ4v) is 4.05. The first kappa shape index (κ1) is 21.0. The van der Waals surface area contributed by atoms with Crippen molar-refractivity contribution < 1.29 is 4.79 Å². The van der Waals surface area contributed by atoms with Crippen molar-refractivity contribution >= 4 is 5.91 Å². The van der Waals surface area contributed by atoms with Crippen molar-refractivity contribution in [2.75, 3.05) is 52.9 Å². The van der Waals surface area contributed by atoms with Crippen LogP contribution < -0.4 is 5.56 Å². The Labute approximate surface area is 168 Å². The number of piperazine rings is 1. The molecule has 0 spiro atoms. The van der Waals surface area contributed by atoms with Crippen molar-refractivity contribution in [3.63, 3.8) is 0 Å². The summed E-state index contributed by atoms with van der Waals surface area (Å²) in [6.45, 7) is 14.0. The lowest BCUT2D eigenvalue weighted by Crippen LogP contribution is -2.50. The highest BCUT2D eigenvalue weighted by atomic mass is 16.2. The van der Waals surface area contributed by atoms with Gasteiger partial charge in [0.05, 0.1) is 12.2 Å². The van der Waals surface area contributed by atoms with E-state index in [2.05, 4.69) is 35.7 Å². The van der Waals surface area contributed by atoms with Gasteiger partial charge in [0.15, 0.2) is 0 Å². The van der Waals surface area contributed by atoms with E-state index in [1.54, 1.807) is 10.7 Å². The Morgan fingerprint density at radius 3 is 2.36 bits per heavy atom. The Morgan fingerprint density at radius 1 is 1.04 bits per heavy atom. The van der Waals surface area contributed by atoms with Crippen LogP contribution in [-0.4, -0.2) is 83.2 Å². The summed E-state index contributed by atoms with van der Waals surface area (Å²) in [5.74, 6) is 0.873. The number of aromatic nitrogens is 2. The molecule has 2 aliphatic rings. The average molecular weight is 390 g/mol. The molecule has 2 aliphatic heterocycles. The maximum Gasteiger partial charge on any atom is 0.266 e. The van der Waals surface area contributed by atoms with Gasteiger partial charge in [0.1, 0.15) is 0 Å². The predicted octanol–water partition coefficient (Wildman–Crippen LogP) is 1.03. The molecular formula is C21H35N5O2. The van der Waals surface area contributed by atoms with Crippen LogP contribution in [0.3, 0.4) is 0 Å². The number of likely N-dealkylation sites (tertiary alicyclic amines) is 1. The third-order valence-corrected chi connectivity index (χ3v) is 5.97. The van der Waals surface area contributed by atoms with Crippen molar-refractivity contribution in [3.8, 4) is 0 Å². The summed E-state index contributed by atoms with van der Waals surface area (Å²) >= 11 is 0. The lowest BCUT2D eigenvalue weighted by atomic mass is 9.92. The zero-order chi connectivity index (χ0) is 20.3. The van der Waals surface area contributed by atoms with Gasteiger partial charge in [0, 0.05) is 70.8 Å². The van der Waals surface area contributed by atoms with Crippen LogP contribution in [-0.2, 0) is 16.8 Å². The lowest BCUT2D eigenvalue weighted by Gasteiger charge is -2.38. The van der Waals surface area contributed by atoms with E-state index in [0.29, 0.717) is 18.9 Å². The molecule has 2 saturated heterocycles. The Balaban J connectivity index is 1.45. The number of carbonyl (C=O) groups is 1. The van der Waals surface area contributed by atoms with E-state index >= 15 is 0 Å². The van der Waals surface area contributed by atoms with E-state index < -0.39 is 0 Å². The lowest BCUT2D eigenvalue weighted by molar-refractivity contribution is -0.133. The quantitative estimate of drug-likeness (QED) is 0.753. The summed E-state index contributed by atoms with van der Waals surface area (Å²) < 4.78 is 1.61. The van der Waals surface area contributed by atoms with E-state index in [4.69, 9.17) is 0 Å². The monoisotopic (exact) mass is 389 g/mol. The molecule has 0 radical (unpaired) electrons. The second-order valence-corrected chi connectivity index (χ2v) is 9.35. The molecule has 0 bridgehead atoms. The number of hydrogen-bond donors (Lipinski definition) is 0. The first-order valence-corrected chi connectivity index (χ1v) is 10.5. The van der Waals surface area contributed by atoms with Crippen molar-refractivity contribution in [2.45, 2.75) is 45.6 Å². The maximum absolute atomic E-state index is 12.1. The third-order valence-electron chi connectivity index (χ3n) is 5.97. The molecule has 1 aromatic heterocycles. The Hall–Kier alpha value is -1.73. The molecule has 3 heterocycles. The van der Waals surface area contributed by atoms with Gasteiger partial charge in [-0.15, -0.1) is 0 Å². The summed E-state index contributed by atoms with van der Waals surface area (Å²) in [5.41, 5.74) is 0.870. The SMILES string of the molecule is CN1CC(CN2CCN(CCn3nc(C(C)(C)C)ccc3=O)CC2)CCC1=O. The summed E-state index contributed by atoms with van der Waals surface area (Å²) in [7, 11) is 1.91. The first-order valence-electron chi connectivity index (χ1n) is 10.5.